The summed E-state index contributed by atoms with van der Waals surface area (Å²) < 4.78 is 0. The Morgan fingerprint density at radius 3 is 2.42 bits per heavy atom. The molecule has 2 nitrogen and oxygen atoms in total. The number of nitrogens with one attached hydrogen (secondary N) is 1. The van der Waals surface area contributed by atoms with Crippen molar-refractivity contribution >= 4 is 23.0 Å². The molecule has 104 valence electrons. The molecule has 0 saturated carbocycles. The molecular formula is C16H24N2S. The van der Waals surface area contributed by atoms with E-state index in [9.17, 15) is 0 Å². The van der Waals surface area contributed by atoms with Gasteiger partial charge in [-0.1, -0.05) is 26.0 Å². The average molecular weight is 276 g/mol. The molecular weight excluding hydrogens is 252 g/mol. The Morgan fingerprint density at radius 2 is 1.84 bits per heavy atom. The van der Waals surface area contributed by atoms with E-state index in [1.54, 1.807) is 0 Å². The zero-order chi connectivity index (χ0) is 13.7. The van der Waals surface area contributed by atoms with Gasteiger partial charge in [-0.2, -0.15) is 0 Å². The lowest BCUT2D eigenvalue weighted by atomic mass is 9.99. The SMILES string of the molecule is CCC(C)c1ccc(NC(=S)N2CCCCC2)cc1. The highest BCUT2D eigenvalue weighted by molar-refractivity contribution is 7.80. The number of anilines is 1. The Labute approximate surface area is 122 Å². The second kappa shape index (κ2) is 6.90. The normalized spacial score (nSPS) is 17.1. The van der Waals surface area contributed by atoms with Crippen molar-refractivity contribution in [3.63, 3.8) is 0 Å². The molecule has 0 aliphatic carbocycles. The van der Waals surface area contributed by atoms with Gasteiger partial charge in [-0.05, 0) is 61.5 Å². The molecule has 1 aromatic rings. The van der Waals surface area contributed by atoms with Crippen LogP contribution in [0.4, 0.5) is 5.69 Å². The van der Waals surface area contributed by atoms with E-state index in [2.05, 4.69) is 48.3 Å². The number of benzene rings is 1. The second-order valence-electron chi connectivity index (χ2n) is 5.41. The number of likely N-dealkylation sites (tertiary alicyclic amines) is 1. The van der Waals surface area contributed by atoms with Crippen LogP contribution in [0.2, 0.25) is 0 Å². The van der Waals surface area contributed by atoms with Crippen LogP contribution in [0.5, 0.6) is 0 Å². The summed E-state index contributed by atoms with van der Waals surface area (Å²) in [4.78, 5) is 2.28. The lowest BCUT2D eigenvalue weighted by Gasteiger charge is -2.29. The van der Waals surface area contributed by atoms with Crippen molar-refractivity contribution in [1.29, 1.82) is 0 Å². The number of hydrogen-bond donors (Lipinski definition) is 1. The molecule has 1 saturated heterocycles. The summed E-state index contributed by atoms with van der Waals surface area (Å²) in [5, 5.41) is 4.22. The van der Waals surface area contributed by atoms with Gasteiger partial charge < -0.3 is 10.2 Å². The summed E-state index contributed by atoms with van der Waals surface area (Å²) in [5.74, 6) is 0.628. The van der Waals surface area contributed by atoms with Crippen molar-refractivity contribution in [1.82, 2.24) is 4.90 Å². The van der Waals surface area contributed by atoms with Gasteiger partial charge in [0.15, 0.2) is 5.11 Å². The maximum atomic E-state index is 5.48. The predicted molar refractivity (Wildman–Crippen MR) is 86.8 cm³/mol. The molecule has 19 heavy (non-hydrogen) atoms. The van der Waals surface area contributed by atoms with Crippen LogP contribution >= 0.6 is 12.2 Å². The molecule has 1 heterocycles. The van der Waals surface area contributed by atoms with E-state index in [4.69, 9.17) is 12.2 Å². The van der Waals surface area contributed by atoms with Crippen LogP contribution in [0, 0.1) is 0 Å². The topological polar surface area (TPSA) is 15.3 Å². The van der Waals surface area contributed by atoms with Crippen molar-refractivity contribution < 1.29 is 0 Å². The Kier molecular flexibility index (Phi) is 5.20. The molecule has 1 aromatic carbocycles. The highest BCUT2D eigenvalue weighted by Gasteiger charge is 2.13. The van der Waals surface area contributed by atoms with Crippen molar-refractivity contribution in [3.8, 4) is 0 Å². The van der Waals surface area contributed by atoms with Crippen LogP contribution in [0.15, 0.2) is 24.3 Å². The fourth-order valence-corrected chi connectivity index (χ4v) is 2.73. The lowest BCUT2D eigenvalue weighted by Crippen LogP contribution is -2.38. The van der Waals surface area contributed by atoms with Crippen molar-refractivity contribution in [2.75, 3.05) is 18.4 Å². The van der Waals surface area contributed by atoms with Gasteiger partial charge in [0, 0.05) is 18.8 Å². The summed E-state index contributed by atoms with van der Waals surface area (Å²) >= 11 is 5.48. The van der Waals surface area contributed by atoms with Crippen LogP contribution in [0.3, 0.4) is 0 Å². The molecule has 3 heteroatoms. The van der Waals surface area contributed by atoms with Crippen molar-refractivity contribution in [2.45, 2.75) is 45.4 Å². The molecule has 1 atom stereocenters. The fourth-order valence-electron chi connectivity index (χ4n) is 2.43. The maximum absolute atomic E-state index is 5.48. The average Bonchev–Trinajstić information content (AvgIpc) is 2.48. The zero-order valence-corrected chi connectivity index (χ0v) is 12.8. The number of piperidine rings is 1. The van der Waals surface area contributed by atoms with E-state index in [1.807, 2.05) is 0 Å². The van der Waals surface area contributed by atoms with Crippen molar-refractivity contribution in [3.05, 3.63) is 29.8 Å². The van der Waals surface area contributed by atoms with Gasteiger partial charge in [0.1, 0.15) is 0 Å². The summed E-state index contributed by atoms with van der Waals surface area (Å²) in [5.41, 5.74) is 2.50. The van der Waals surface area contributed by atoms with Crippen LogP contribution < -0.4 is 5.32 Å². The number of hydrogen-bond acceptors (Lipinski definition) is 1. The monoisotopic (exact) mass is 276 g/mol. The predicted octanol–water partition coefficient (Wildman–Crippen LogP) is 4.38. The molecule has 1 aliphatic heterocycles. The van der Waals surface area contributed by atoms with Gasteiger partial charge in [-0.25, -0.2) is 0 Å². The molecule has 1 N–H and O–H groups in total. The van der Waals surface area contributed by atoms with E-state index in [0.717, 1.165) is 23.9 Å². The Bertz CT molecular complexity index is 407. The summed E-state index contributed by atoms with van der Waals surface area (Å²) in [6.07, 6.45) is 5.03. The molecule has 1 unspecified atom stereocenters. The molecule has 0 bridgehead atoms. The van der Waals surface area contributed by atoms with Gasteiger partial charge >= 0.3 is 0 Å². The first-order valence-corrected chi connectivity index (χ1v) is 7.77. The number of nitrogens with zero attached hydrogens (tertiary/aromatic N) is 1. The Morgan fingerprint density at radius 1 is 1.21 bits per heavy atom. The zero-order valence-electron chi connectivity index (χ0n) is 12.0. The van der Waals surface area contributed by atoms with Crippen LogP contribution in [-0.4, -0.2) is 23.1 Å². The highest BCUT2D eigenvalue weighted by atomic mass is 32.1. The van der Waals surface area contributed by atoms with Gasteiger partial charge in [0.25, 0.3) is 0 Å². The van der Waals surface area contributed by atoms with Crippen LogP contribution in [0.1, 0.15) is 51.0 Å². The van der Waals surface area contributed by atoms with E-state index in [-0.39, 0.29) is 0 Å². The number of rotatable bonds is 3. The summed E-state index contributed by atoms with van der Waals surface area (Å²) in [6.45, 7) is 6.68. The van der Waals surface area contributed by atoms with Gasteiger partial charge in [-0.3, -0.25) is 0 Å². The summed E-state index contributed by atoms with van der Waals surface area (Å²) in [7, 11) is 0. The lowest BCUT2D eigenvalue weighted by molar-refractivity contribution is 0.346. The summed E-state index contributed by atoms with van der Waals surface area (Å²) in [6, 6.07) is 8.68. The molecule has 1 fully saturated rings. The largest absolute Gasteiger partial charge is 0.349 e. The van der Waals surface area contributed by atoms with Crippen LogP contribution in [0.25, 0.3) is 0 Å². The third-order valence-corrected chi connectivity index (χ3v) is 4.35. The first-order chi connectivity index (χ1) is 9.20. The maximum Gasteiger partial charge on any atom is 0.173 e. The Balaban J connectivity index is 1.93. The molecule has 1 aliphatic rings. The third kappa shape index (κ3) is 3.93. The fraction of sp³-hybridized carbons (Fsp3) is 0.562. The van der Waals surface area contributed by atoms with Crippen LogP contribution in [-0.2, 0) is 0 Å². The molecule has 2 rings (SSSR count). The molecule has 0 spiro atoms. The molecule has 0 amide bonds. The smallest absolute Gasteiger partial charge is 0.173 e. The van der Waals surface area contributed by atoms with E-state index >= 15 is 0 Å². The molecule has 0 aromatic heterocycles. The minimum absolute atomic E-state index is 0.628. The third-order valence-electron chi connectivity index (χ3n) is 3.99. The first-order valence-electron chi connectivity index (χ1n) is 7.36. The van der Waals surface area contributed by atoms with E-state index in [0.29, 0.717) is 5.92 Å². The number of thiocarbonyl (C=S) groups is 1. The van der Waals surface area contributed by atoms with Gasteiger partial charge in [-0.15, -0.1) is 0 Å². The van der Waals surface area contributed by atoms with E-state index < -0.39 is 0 Å². The van der Waals surface area contributed by atoms with Gasteiger partial charge in [0.05, 0.1) is 0 Å². The molecule has 0 radical (unpaired) electrons. The highest BCUT2D eigenvalue weighted by Crippen LogP contribution is 2.21. The van der Waals surface area contributed by atoms with Crippen molar-refractivity contribution in [2.24, 2.45) is 0 Å². The minimum atomic E-state index is 0.628. The van der Waals surface area contributed by atoms with E-state index in [1.165, 1.54) is 31.2 Å². The standard InChI is InChI=1S/C16H24N2S/c1-3-13(2)14-7-9-15(10-8-14)17-16(19)18-11-5-4-6-12-18/h7-10,13H,3-6,11-12H2,1-2H3,(H,17,19). The second-order valence-corrected chi connectivity index (χ2v) is 5.80. The first kappa shape index (κ1) is 14.3. The minimum Gasteiger partial charge on any atom is -0.349 e. The quantitative estimate of drug-likeness (QED) is 0.825. The Hall–Kier alpha value is -1.09. The van der Waals surface area contributed by atoms with Gasteiger partial charge in [0.2, 0.25) is 0 Å².